The molecule has 2 heterocycles. The molecule has 0 saturated heterocycles. The first-order valence-corrected chi connectivity index (χ1v) is 9.62. The Bertz CT molecular complexity index is 784. The van der Waals surface area contributed by atoms with Crippen LogP contribution in [0.2, 0.25) is 0 Å². The molecule has 2 rings (SSSR count). The molecule has 0 aliphatic rings. The third-order valence-corrected chi connectivity index (χ3v) is 5.79. The second-order valence-corrected chi connectivity index (χ2v) is 7.60. The van der Waals surface area contributed by atoms with Gasteiger partial charge < -0.3 is 10.4 Å². The van der Waals surface area contributed by atoms with E-state index in [9.17, 15) is 9.90 Å². The largest absolute Gasteiger partial charge is 0.478 e. The second kappa shape index (κ2) is 8.82. The highest BCUT2D eigenvalue weighted by molar-refractivity contribution is 8.03. The summed E-state index contributed by atoms with van der Waals surface area (Å²) >= 11 is 3.14. The van der Waals surface area contributed by atoms with Gasteiger partial charge in [0.05, 0.1) is 5.88 Å². The molecule has 2 aromatic heterocycles. The Morgan fingerprint density at radius 2 is 2.28 bits per heavy atom. The van der Waals surface area contributed by atoms with Gasteiger partial charge in [-0.1, -0.05) is 19.9 Å². The van der Waals surface area contributed by atoms with Crippen molar-refractivity contribution in [3.63, 3.8) is 0 Å². The van der Waals surface area contributed by atoms with Crippen molar-refractivity contribution in [2.75, 3.05) is 11.2 Å². The number of pyridine rings is 1. The van der Waals surface area contributed by atoms with E-state index in [2.05, 4.69) is 35.9 Å². The highest BCUT2D eigenvalue weighted by atomic mass is 32.2. The number of carbonyl (C=O) groups is 1. The molecule has 0 unspecified atom stereocenters. The van der Waals surface area contributed by atoms with E-state index in [0.29, 0.717) is 17.6 Å². The number of thiophene rings is 1. The maximum Gasteiger partial charge on any atom is 0.339 e. The Labute approximate surface area is 155 Å². The van der Waals surface area contributed by atoms with Gasteiger partial charge in [0.15, 0.2) is 0 Å². The standard InChI is InChI=1S/C18H21N3O2S2/c1-11(2)16(12(3)19-4)25-10-21-17-14(18(22)23)8-13(9-20-17)15-6-5-7-24-15/h5-9,11H,4,10H2,1-3H3,(H,20,21)(H,22,23)/b16-12-. The number of nitrogens with one attached hydrogen (secondary N) is 1. The number of allylic oxidation sites excluding steroid dienone is 2. The zero-order valence-electron chi connectivity index (χ0n) is 14.4. The highest BCUT2D eigenvalue weighted by Crippen LogP contribution is 2.30. The van der Waals surface area contributed by atoms with Crippen molar-refractivity contribution in [2.45, 2.75) is 20.8 Å². The maximum atomic E-state index is 11.6. The average Bonchev–Trinajstić information content (AvgIpc) is 3.12. The van der Waals surface area contributed by atoms with Crippen LogP contribution < -0.4 is 5.32 Å². The van der Waals surface area contributed by atoms with Crippen molar-refractivity contribution in [3.05, 3.63) is 45.9 Å². The van der Waals surface area contributed by atoms with Crippen LogP contribution in [0, 0.1) is 5.92 Å². The first kappa shape index (κ1) is 19.2. The van der Waals surface area contributed by atoms with Gasteiger partial charge >= 0.3 is 5.97 Å². The molecule has 0 spiro atoms. The lowest BCUT2D eigenvalue weighted by Crippen LogP contribution is -2.09. The summed E-state index contributed by atoms with van der Waals surface area (Å²) in [7, 11) is 0. The fraction of sp³-hybridized carbons (Fsp3) is 0.278. The molecule has 0 saturated carbocycles. The molecule has 132 valence electrons. The number of hydrogen-bond acceptors (Lipinski definition) is 6. The van der Waals surface area contributed by atoms with Crippen LogP contribution in [0.15, 0.2) is 45.4 Å². The van der Waals surface area contributed by atoms with Crippen LogP contribution in [0.4, 0.5) is 5.82 Å². The lowest BCUT2D eigenvalue weighted by Gasteiger charge is -2.14. The van der Waals surface area contributed by atoms with Gasteiger partial charge in [0.25, 0.3) is 0 Å². The van der Waals surface area contributed by atoms with Gasteiger partial charge in [0, 0.05) is 27.2 Å². The first-order chi connectivity index (χ1) is 11.9. The fourth-order valence-corrected chi connectivity index (χ4v) is 3.97. The van der Waals surface area contributed by atoms with E-state index in [4.69, 9.17) is 0 Å². The molecule has 0 bridgehead atoms. The Hall–Kier alpha value is -2.12. The summed E-state index contributed by atoms with van der Waals surface area (Å²) in [6.45, 7) is 9.68. The number of aliphatic imine (C=N–C) groups is 1. The predicted molar refractivity (Wildman–Crippen MR) is 108 cm³/mol. The number of rotatable bonds is 8. The third kappa shape index (κ3) is 4.93. The molecule has 25 heavy (non-hydrogen) atoms. The van der Waals surface area contributed by atoms with E-state index in [1.54, 1.807) is 35.4 Å². The van der Waals surface area contributed by atoms with Gasteiger partial charge in [-0.2, -0.15) is 0 Å². The molecule has 7 heteroatoms. The van der Waals surface area contributed by atoms with Crippen molar-refractivity contribution >= 4 is 41.6 Å². The van der Waals surface area contributed by atoms with Gasteiger partial charge in [-0.3, -0.25) is 4.99 Å². The monoisotopic (exact) mass is 375 g/mol. The van der Waals surface area contributed by atoms with Gasteiger partial charge in [-0.25, -0.2) is 9.78 Å². The molecule has 0 fully saturated rings. The van der Waals surface area contributed by atoms with Crippen LogP contribution in [0.1, 0.15) is 31.1 Å². The van der Waals surface area contributed by atoms with Crippen LogP contribution in [0.5, 0.6) is 0 Å². The minimum Gasteiger partial charge on any atom is -0.478 e. The van der Waals surface area contributed by atoms with Crippen molar-refractivity contribution in [3.8, 4) is 10.4 Å². The second-order valence-electron chi connectivity index (χ2n) is 5.63. The lowest BCUT2D eigenvalue weighted by atomic mass is 10.1. The molecule has 5 nitrogen and oxygen atoms in total. The van der Waals surface area contributed by atoms with Crippen molar-refractivity contribution < 1.29 is 9.90 Å². The van der Waals surface area contributed by atoms with Crippen LogP contribution in [0.25, 0.3) is 10.4 Å². The van der Waals surface area contributed by atoms with E-state index >= 15 is 0 Å². The van der Waals surface area contributed by atoms with E-state index in [0.717, 1.165) is 21.0 Å². The van der Waals surface area contributed by atoms with Crippen LogP contribution in [0.3, 0.4) is 0 Å². The molecule has 0 aromatic carbocycles. The molecule has 0 radical (unpaired) electrons. The summed E-state index contributed by atoms with van der Waals surface area (Å²) in [4.78, 5) is 22.0. The summed E-state index contributed by atoms with van der Waals surface area (Å²) in [5, 5.41) is 14.6. The lowest BCUT2D eigenvalue weighted by molar-refractivity contribution is 0.0697. The number of nitrogens with zero attached hydrogens (tertiary/aromatic N) is 2. The van der Waals surface area contributed by atoms with Crippen molar-refractivity contribution in [1.29, 1.82) is 0 Å². The van der Waals surface area contributed by atoms with Gasteiger partial charge in [0.2, 0.25) is 0 Å². The third-order valence-electron chi connectivity index (χ3n) is 3.51. The normalized spacial score (nSPS) is 12.0. The van der Waals surface area contributed by atoms with Crippen LogP contribution >= 0.6 is 23.1 Å². The topological polar surface area (TPSA) is 74.6 Å². The number of aromatic nitrogens is 1. The van der Waals surface area contributed by atoms with Gasteiger partial charge in [0.1, 0.15) is 11.4 Å². The van der Waals surface area contributed by atoms with Crippen molar-refractivity contribution in [1.82, 2.24) is 4.98 Å². The van der Waals surface area contributed by atoms with Crippen molar-refractivity contribution in [2.24, 2.45) is 10.9 Å². The summed E-state index contributed by atoms with van der Waals surface area (Å²) in [6.07, 6.45) is 1.70. The highest BCUT2D eigenvalue weighted by Gasteiger charge is 2.15. The van der Waals surface area contributed by atoms with E-state index in [1.807, 2.05) is 24.4 Å². The smallest absolute Gasteiger partial charge is 0.339 e. The predicted octanol–water partition coefficient (Wildman–Crippen LogP) is 5.20. The summed E-state index contributed by atoms with van der Waals surface area (Å²) in [5.74, 6) is 0.200. The molecule has 0 amide bonds. The van der Waals surface area contributed by atoms with Gasteiger partial charge in [-0.05, 0) is 37.1 Å². The average molecular weight is 376 g/mol. The summed E-state index contributed by atoms with van der Waals surface area (Å²) in [6, 6.07) is 5.53. The van der Waals surface area contributed by atoms with Gasteiger partial charge in [-0.15, -0.1) is 23.1 Å². The van der Waals surface area contributed by atoms with Crippen LogP contribution in [-0.4, -0.2) is 28.7 Å². The zero-order valence-corrected chi connectivity index (χ0v) is 16.1. The molecule has 0 aliphatic carbocycles. The molecule has 2 N–H and O–H groups in total. The van der Waals surface area contributed by atoms with Crippen LogP contribution in [-0.2, 0) is 0 Å². The first-order valence-electron chi connectivity index (χ1n) is 7.75. The Morgan fingerprint density at radius 3 is 2.84 bits per heavy atom. The number of anilines is 1. The Balaban J connectivity index is 2.17. The number of hydrogen-bond donors (Lipinski definition) is 2. The minimum absolute atomic E-state index is 0.167. The number of thioether (sulfide) groups is 1. The summed E-state index contributed by atoms with van der Waals surface area (Å²) < 4.78 is 0. The Morgan fingerprint density at radius 1 is 1.52 bits per heavy atom. The van der Waals surface area contributed by atoms with E-state index < -0.39 is 5.97 Å². The number of carboxylic acid groups (broad SMARTS) is 1. The maximum absolute atomic E-state index is 11.6. The Kier molecular flexibility index (Phi) is 6.78. The molecular weight excluding hydrogens is 354 g/mol. The fourth-order valence-electron chi connectivity index (χ4n) is 2.30. The zero-order chi connectivity index (χ0) is 18.4. The summed E-state index contributed by atoms with van der Waals surface area (Å²) in [5.41, 5.74) is 1.86. The van der Waals surface area contributed by atoms with E-state index in [-0.39, 0.29) is 5.56 Å². The molecule has 0 aliphatic heterocycles. The molecule has 0 atom stereocenters. The molecular formula is C18H21N3O2S2. The van der Waals surface area contributed by atoms with E-state index in [1.165, 1.54) is 0 Å². The molecule has 2 aromatic rings. The number of carboxylic acids is 1. The number of aromatic carboxylic acids is 1. The SMILES string of the molecule is C=N/C(C)=C(\SCNc1ncc(-c2cccs2)cc1C(=O)O)C(C)C. The minimum atomic E-state index is -0.998. The quantitative estimate of drug-likeness (QED) is 0.490.